The minimum atomic E-state index is 0.763. The summed E-state index contributed by atoms with van der Waals surface area (Å²) in [7, 11) is 1.89. The number of likely N-dealkylation sites (tertiary alicyclic amines) is 1. The number of guanidine groups is 1. The van der Waals surface area contributed by atoms with E-state index < -0.39 is 0 Å². The molecule has 3 heterocycles. The van der Waals surface area contributed by atoms with E-state index in [2.05, 4.69) is 41.9 Å². The lowest BCUT2D eigenvalue weighted by Gasteiger charge is -2.37. The standard InChI is InChI=1S/C19H33N7/c1-3-9-24-10-5-17(6-11-24)16-23-18(20-2)25-12-14-26(15-13-25)19-21-7-4-8-22-19/h4,7-8,17H,3,5-6,9-16H2,1-2H3,(H,20,23). The van der Waals surface area contributed by atoms with Crippen molar-refractivity contribution in [3.8, 4) is 0 Å². The Morgan fingerprint density at radius 3 is 2.42 bits per heavy atom. The van der Waals surface area contributed by atoms with Gasteiger partial charge in [0.15, 0.2) is 5.96 Å². The van der Waals surface area contributed by atoms with Crippen molar-refractivity contribution in [3.05, 3.63) is 18.5 Å². The normalized spacial score (nSPS) is 20.5. The van der Waals surface area contributed by atoms with Crippen molar-refractivity contribution in [1.82, 2.24) is 25.1 Å². The number of aliphatic imine (C=N–C) groups is 1. The second kappa shape index (κ2) is 9.71. The zero-order chi connectivity index (χ0) is 18.2. The van der Waals surface area contributed by atoms with Crippen LogP contribution >= 0.6 is 0 Å². The first-order chi connectivity index (χ1) is 12.8. The van der Waals surface area contributed by atoms with Crippen molar-refractivity contribution in [3.63, 3.8) is 0 Å². The molecule has 3 rings (SSSR count). The van der Waals surface area contributed by atoms with Gasteiger partial charge >= 0.3 is 0 Å². The Morgan fingerprint density at radius 2 is 1.81 bits per heavy atom. The molecule has 144 valence electrons. The van der Waals surface area contributed by atoms with Gasteiger partial charge in [0.05, 0.1) is 0 Å². The van der Waals surface area contributed by atoms with Crippen molar-refractivity contribution in [1.29, 1.82) is 0 Å². The molecule has 0 saturated carbocycles. The van der Waals surface area contributed by atoms with Crippen molar-refractivity contribution in [2.75, 3.05) is 64.3 Å². The van der Waals surface area contributed by atoms with Gasteiger partial charge in [0.1, 0.15) is 0 Å². The highest BCUT2D eigenvalue weighted by Gasteiger charge is 2.23. The molecule has 0 aliphatic carbocycles. The lowest BCUT2D eigenvalue weighted by molar-refractivity contribution is 0.184. The van der Waals surface area contributed by atoms with Crippen LogP contribution in [0.2, 0.25) is 0 Å². The number of piperazine rings is 1. The van der Waals surface area contributed by atoms with Gasteiger partial charge in [-0.1, -0.05) is 6.92 Å². The highest BCUT2D eigenvalue weighted by atomic mass is 15.4. The minimum absolute atomic E-state index is 0.763. The summed E-state index contributed by atoms with van der Waals surface area (Å²) in [6.07, 6.45) is 7.46. The summed E-state index contributed by atoms with van der Waals surface area (Å²) in [5.41, 5.74) is 0. The van der Waals surface area contributed by atoms with Gasteiger partial charge in [-0.25, -0.2) is 9.97 Å². The molecule has 2 saturated heterocycles. The van der Waals surface area contributed by atoms with Crippen LogP contribution in [0.1, 0.15) is 26.2 Å². The minimum Gasteiger partial charge on any atom is -0.356 e. The van der Waals surface area contributed by atoms with Crippen LogP contribution < -0.4 is 10.2 Å². The number of piperidine rings is 1. The van der Waals surface area contributed by atoms with Crippen LogP contribution in [0.4, 0.5) is 5.95 Å². The van der Waals surface area contributed by atoms with E-state index in [-0.39, 0.29) is 0 Å². The second-order valence-electron chi connectivity index (χ2n) is 7.24. The summed E-state index contributed by atoms with van der Waals surface area (Å²) < 4.78 is 0. The SMILES string of the molecule is CCCN1CCC(CNC(=NC)N2CCN(c3ncccn3)CC2)CC1. The van der Waals surface area contributed by atoms with Gasteiger partial charge in [0.2, 0.25) is 5.95 Å². The van der Waals surface area contributed by atoms with Gasteiger partial charge in [-0.3, -0.25) is 4.99 Å². The smallest absolute Gasteiger partial charge is 0.225 e. The fourth-order valence-corrected chi connectivity index (χ4v) is 3.87. The van der Waals surface area contributed by atoms with Crippen molar-refractivity contribution in [2.45, 2.75) is 26.2 Å². The first kappa shape index (κ1) is 18.9. The lowest BCUT2D eigenvalue weighted by atomic mass is 9.97. The molecular formula is C19H33N7. The van der Waals surface area contributed by atoms with Crippen LogP contribution in [-0.2, 0) is 0 Å². The third-order valence-corrected chi connectivity index (χ3v) is 5.42. The quantitative estimate of drug-likeness (QED) is 0.632. The Balaban J connectivity index is 1.41. The van der Waals surface area contributed by atoms with Crippen LogP contribution in [0.25, 0.3) is 0 Å². The van der Waals surface area contributed by atoms with Gasteiger partial charge in [0.25, 0.3) is 0 Å². The Bertz CT molecular complexity index is 546. The van der Waals surface area contributed by atoms with Crippen LogP contribution in [0.5, 0.6) is 0 Å². The first-order valence-corrected chi connectivity index (χ1v) is 10.00. The average molecular weight is 360 g/mol. The number of hydrogen-bond acceptors (Lipinski definition) is 5. The largest absolute Gasteiger partial charge is 0.356 e. The van der Waals surface area contributed by atoms with E-state index in [1.165, 1.54) is 38.9 Å². The number of aromatic nitrogens is 2. The lowest BCUT2D eigenvalue weighted by Crippen LogP contribution is -2.53. The third kappa shape index (κ3) is 5.06. The maximum atomic E-state index is 4.51. The molecule has 2 aliphatic rings. The van der Waals surface area contributed by atoms with Crippen LogP contribution in [-0.4, -0.2) is 85.1 Å². The Kier molecular flexibility index (Phi) is 7.05. The van der Waals surface area contributed by atoms with Gasteiger partial charge in [-0.2, -0.15) is 0 Å². The molecule has 1 N–H and O–H groups in total. The topological polar surface area (TPSA) is 59.9 Å². The molecule has 0 spiro atoms. The van der Waals surface area contributed by atoms with E-state index in [1.807, 2.05) is 13.1 Å². The first-order valence-electron chi connectivity index (χ1n) is 10.00. The number of nitrogens with zero attached hydrogens (tertiary/aromatic N) is 6. The van der Waals surface area contributed by atoms with Crippen LogP contribution in [0.3, 0.4) is 0 Å². The van der Waals surface area contributed by atoms with Gasteiger partial charge in [0, 0.05) is 52.2 Å². The summed E-state index contributed by atoms with van der Waals surface area (Å²) in [6, 6.07) is 1.86. The molecule has 0 radical (unpaired) electrons. The number of hydrogen-bond donors (Lipinski definition) is 1. The Hall–Kier alpha value is -1.89. The molecule has 1 aromatic heterocycles. The molecule has 2 fully saturated rings. The second-order valence-corrected chi connectivity index (χ2v) is 7.24. The highest BCUT2D eigenvalue weighted by Crippen LogP contribution is 2.17. The summed E-state index contributed by atoms with van der Waals surface area (Å²) in [6.45, 7) is 10.8. The summed E-state index contributed by atoms with van der Waals surface area (Å²) in [5, 5.41) is 3.62. The van der Waals surface area contributed by atoms with E-state index in [1.54, 1.807) is 12.4 Å². The number of nitrogens with one attached hydrogen (secondary N) is 1. The monoisotopic (exact) mass is 359 g/mol. The molecule has 7 nitrogen and oxygen atoms in total. The van der Waals surface area contributed by atoms with Crippen LogP contribution in [0.15, 0.2) is 23.5 Å². The molecular weight excluding hydrogens is 326 g/mol. The molecule has 0 atom stereocenters. The van der Waals surface area contributed by atoms with Gasteiger partial charge in [-0.05, 0) is 50.9 Å². The maximum absolute atomic E-state index is 4.51. The van der Waals surface area contributed by atoms with E-state index >= 15 is 0 Å². The molecule has 0 bridgehead atoms. The Morgan fingerprint density at radius 1 is 1.12 bits per heavy atom. The molecule has 26 heavy (non-hydrogen) atoms. The predicted molar refractivity (Wildman–Crippen MR) is 107 cm³/mol. The van der Waals surface area contributed by atoms with E-state index in [9.17, 15) is 0 Å². The number of rotatable bonds is 5. The van der Waals surface area contributed by atoms with Gasteiger partial charge in [-0.15, -0.1) is 0 Å². The predicted octanol–water partition coefficient (Wildman–Crippen LogP) is 1.30. The molecule has 7 heteroatoms. The van der Waals surface area contributed by atoms with E-state index in [0.29, 0.717) is 0 Å². The molecule has 1 aromatic rings. The molecule has 0 amide bonds. The highest BCUT2D eigenvalue weighted by molar-refractivity contribution is 5.80. The van der Waals surface area contributed by atoms with Crippen molar-refractivity contribution in [2.24, 2.45) is 10.9 Å². The maximum Gasteiger partial charge on any atom is 0.225 e. The zero-order valence-electron chi connectivity index (χ0n) is 16.3. The van der Waals surface area contributed by atoms with Crippen molar-refractivity contribution < 1.29 is 0 Å². The molecule has 2 aliphatic heterocycles. The summed E-state index contributed by atoms with van der Waals surface area (Å²) >= 11 is 0. The zero-order valence-corrected chi connectivity index (χ0v) is 16.3. The summed E-state index contributed by atoms with van der Waals surface area (Å²) in [5.74, 6) is 2.63. The van der Waals surface area contributed by atoms with Crippen LogP contribution in [0, 0.1) is 5.92 Å². The summed E-state index contributed by atoms with van der Waals surface area (Å²) in [4.78, 5) is 20.4. The average Bonchev–Trinajstić information content (AvgIpc) is 2.71. The fourth-order valence-electron chi connectivity index (χ4n) is 3.87. The van der Waals surface area contributed by atoms with Crippen molar-refractivity contribution >= 4 is 11.9 Å². The van der Waals surface area contributed by atoms with E-state index in [0.717, 1.165) is 50.5 Å². The number of anilines is 1. The van der Waals surface area contributed by atoms with E-state index in [4.69, 9.17) is 0 Å². The van der Waals surface area contributed by atoms with Gasteiger partial charge < -0.3 is 20.0 Å². The fraction of sp³-hybridized carbons (Fsp3) is 0.737. The third-order valence-electron chi connectivity index (χ3n) is 5.42. The molecule has 0 unspecified atom stereocenters. The molecule has 0 aromatic carbocycles. The Labute approximate surface area is 157 Å².